The van der Waals surface area contributed by atoms with E-state index in [0.717, 1.165) is 23.1 Å². The van der Waals surface area contributed by atoms with Crippen molar-refractivity contribution in [3.05, 3.63) is 94.3 Å². The minimum absolute atomic E-state index is 0.101. The quantitative estimate of drug-likeness (QED) is 0.0755. The van der Waals surface area contributed by atoms with Gasteiger partial charge in [0.05, 0.1) is 24.1 Å². The molecule has 6 unspecified atom stereocenters. The van der Waals surface area contributed by atoms with E-state index in [1.165, 1.54) is 30.3 Å². The number of alkyl halides is 2. The molecule has 11 nitrogen and oxygen atoms in total. The fourth-order valence-corrected chi connectivity index (χ4v) is 8.89. The molecule has 2 aliphatic heterocycles. The van der Waals surface area contributed by atoms with Crippen LogP contribution in [0.15, 0.2) is 54.1 Å². The van der Waals surface area contributed by atoms with Crippen LogP contribution in [-0.2, 0) is 19.2 Å². The second-order valence-electron chi connectivity index (χ2n) is 12.9. The zero-order chi connectivity index (χ0) is 38.5. The number of rotatable bonds is 7. The zero-order valence-electron chi connectivity index (χ0n) is 26.6. The maximum absolute atomic E-state index is 15.2. The van der Waals surface area contributed by atoms with Crippen LogP contribution in [0, 0.1) is 46.8 Å². The fourth-order valence-electron chi connectivity index (χ4n) is 7.96. The van der Waals surface area contributed by atoms with Crippen molar-refractivity contribution in [1.29, 1.82) is 0 Å². The molecule has 2 saturated heterocycles. The Kier molecular flexibility index (Phi) is 8.58. The van der Waals surface area contributed by atoms with E-state index in [1.54, 1.807) is 0 Å². The molecule has 276 valence electrons. The predicted molar refractivity (Wildman–Crippen MR) is 173 cm³/mol. The molecule has 4 amide bonds. The van der Waals surface area contributed by atoms with E-state index >= 15 is 8.78 Å². The molecule has 0 spiro atoms. The second-order valence-corrected chi connectivity index (χ2v) is 14.1. The molecule has 1 saturated carbocycles. The number of carboxylic acid groups (broad SMARTS) is 1. The van der Waals surface area contributed by atoms with Crippen molar-refractivity contribution < 1.29 is 66.0 Å². The van der Waals surface area contributed by atoms with Gasteiger partial charge in [0.1, 0.15) is 29.4 Å². The Bertz CT molecular complexity index is 2180. The van der Waals surface area contributed by atoms with E-state index in [0.29, 0.717) is 0 Å². The van der Waals surface area contributed by atoms with Gasteiger partial charge in [-0.3, -0.25) is 19.2 Å². The molecule has 3 aromatic carbocycles. The summed E-state index contributed by atoms with van der Waals surface area (Å²) in [6.45, 7) is -0.436. The number of phenols is 1. The highest BCUT2D eigenvalue weighted by atomic mass is 35.5. The van der Waals surface area contributed by atoms with Gasteiger partial charge in [0.2, 0.25) is 17.6 Å². The molecule has 3 fully saturated rings. The summed E-state index contributed by atoms with van der Waals surface area (Å²) >= 11 is 14.2. The Morgan fingerprint density at radius 3 is 2.06 bits per heavy atom. The van der Waals surface area contributed by atoms with E-state index in [-0.39, 0.29) is 47.1 Å². The summed E-state index contributed by atoms with van der Waals surface area (Å²) in [5, 5.41) is 28.8. The van der Waals surface area contributed by atoms with Gasteiger partial charge in [0, 0.05) is 12.0 Å². The lowest BCUT2D eigenvalue weighted by Gasteiger charge is -2.50. The van der Waals surface area contributed by atoms with E-state index < -0.39 is 116 Å². The van der Waals surface area contributed by atoms with Crippen molar-refractivity contribution in [3.8, 4) is 11.5 Å². The maximum atomic E-state index is 15.2. The number of imide groups is 2. The number of carbonyl (C=O) groups is 5. The molecule has 6 atom stereocenters. The summed E-state index contributed by atoms with van der Waals surface area (Å²) < 4.78 is 78.8. The number of hydrogen-bond acceptors (Lipinski definition) is 8. The number of halogens is 7. The smallest absolute Gasteiger partial charge is 0.339 e. The van der Waals surface area contributed by atoms with Crippen molar-refractivity contribution >= 4 is 64.2 Å². The average molecular weight is 781 g/mol. The molecule has 18 heteroatoms. The molecule has 53 heavy (non-hydrogen) atoms. The molecule has 7 rings (SSSR count). The minimum atomic E-state index is -2.73. The number of benzene rings is 3. The van der Waals surface area contributed by atoms with Crippen LogP contribution >= 0.6 is 23.2 Å². The van der Waals surface area contributed by atoms with Crippen molar-refractivity contribution in [2.45, 2.75) is 28.5 Å². The first-order valence-corrected chi connectivity index (χ1v) is 16.5. The number of aromatic carboxylic acids is 1. The first-order valence-electron chi connectivity index (χ1n) is 15.8. The van der Waals surface area contributed by atoms with Crippen LogP contribution in [-0.4, -0.2) is 67.9 Å². The van der Waals surface area contributed by atoms with E-state index in [2.05, 4.69) is 0 Å². The number of amides is 4. The molecule has 3 N–H and O–H groups in total. The number of aromatic hydroxyl groups is 1. The summed E-state index contributed by atoms with van der Waals surface area (Å²) in [6.07, 6.45) is 0.633. The Morgan fingerprint density at radius 2 is 1.47 bits per heavy atom. The first kappa shape index (κ1) is 36.3. The van der Waals surface area contributed by atoms with Crippen molar-refractivity contribution in [3.63, 3.8) is 0 Å². The SMILES string of the molecule is O=C(O)c1ccc(N2C(=O)C3CC=C4C(CC5(Cl)C(=O)N(c6c(F)c(F)c(F)c(F)c6F)C(=O)C5(Cl)C4c4ccc(OCCO)cc4)C3C2=O)cc1O. The molecule has 3 aromatic rings. The number of ether oxygens (including phenoxy) is 1. The van der Waals surface area contributed by atoms with Crippen LogP contribution in [0.2, 0.25) is 0 Å². The lowest BCUT2D eigenvalue weighted by atomic mass is 9.56. The van der Waals surface area contributed by atoms with E-state index in [1.807, 2.05) is 0 Å². The number of nitrogens with zero attached hydrogens (tertiary/aromatic N) is 2. The van der Waals surface area contributed by atoms with Gasteiger partial charge >= 0.3 is 5.97 Å². The number of carboxylic acids is 1. The van der Waals surface area contributed by atoms with Gasteiger partial charge in [0.25, 0.3) is 11.8 Å². The van der Waals surface area contributed by atoms with E-state index in [9.17, 15) is 47.4 Å². The van der Waals surface area contributed by atoms with Gasteiger partial charge in [-0.25, -0.2) is 36.5 Å². The van der Waals surface area contributed by atoms with Crippen LogP contribution in [0.3, 0.4) is 0 Å². The summed E-state index contributed by atoms with van der Waals surface area (Å²) in [6, 6.07) is 8.61. The molecular weight excluding hydrogens is 758 g/mol. The fraction of sp³-hybridized carbons (Fsp3) is 0.286. The molecule has 0 aromatic heterocycles. The number of aliphatic hydroxyl groups excluding tert-OH is 1. The molecule has 2 heterocycles. The summed E-state index contributed by atoms with van der Waals surface area (Å²) in [4.78, 5) is 63.1. The lowest BCUT2D eigenvalue weighted by Crippen LogP contribution is -2.60. The van der Waals surface area contributed by atoms with Crippen LogP contribution in [0.5, 0.6) is 11.5 Å². The lowest BCUT2D eigenvalue weighted by molar-refractivity contribution is -0.125. The summed E-state index contributed by atoms with van der Waals surface area (Å²) in [7, 11) is 0. The normalized spacial score (nSPS) is 27.8. The Morgan fingerprint density at radius 1 is 0.849 bits per heavy atom. The number of carbonyl (C=O) groups excluding carboxylic acids is 4. The van der Waals surface area contributed by atoms with Gasteiger partial charge in [-0.2, -0.15) is 0 Å². The standard InChI is InChI=1S/C35H23Cl2F5N2O9/c36-34-12-19-16(7-8-18-21(19)30(48)43(29(18)47)14-3-6-17(31(49)50)20(46)11-14)22(13-1-4-15(5-2-13)53-10-9-45)35(34,37)33(52)44(32(34)51)28-26(41)24(39)23(38)25(40)27(28)42/h1-7,11,18-19,21-22,45-46H,8-10,12H2,(H,49,50). The number of fused-ring (bicyclic) bond motifs is 4. The summed E-state index contributed by atoms with van der Waals surface area (Å²) in [5.41, 5.74) is -2.26. The highest BCUT2D eigenvalue weighted by Crippen LogP contribution is 2.66. The average Bonchev–Trinajstić information content (AvgIpc) is 3.47. The zero-order valence-corrected chi connectivity index (χ0v) is 28.1. The van der Waals surface area contributed by atoms with Gasteiger partial charge in [0.15, 0.2) is 33.0 Å². The van der Waals surface area contributed by atoms with Gasteiger partial charge in [-0.15, -0.1) is 23.2 Å². The van der Waals surface area contributed by atoms with Crippen molar-refractivity contribution in [2.24, 2.45) is 17.8 Å². The summed E-state index contributed by atoms with van der Waals surface area (Å²) in [5.74, 6) is -24.5. The van der Waals surface area contributed by atoms with Crippen LogP contribution in [0.25, 0.3) is 0 Å². The van der Waals surface area contributed by atoms with E-state index in [4.69, 9.17) is 33.0 Å². The largest absolute Gasteiger partial charge is 0.507 e. The Hall–Kier alpha value is -5.06. The molecule has 0 bridgehead atoms. The van der Waals surface area contributed by atoms with Gasteiger partial charge in [-0.1, -0.05) is 23.8 Å². The Balaban J connectivity index is 1.39. The van der Waals surface area contributed by atoms with Crippen LogP contribution in [0.4, 0.5) is 33.3 Å². The van der Waals surface area contributed by atoms with Gasteiger partial charge in [-0.05, 0) is 48.6 Å². The third-order valence-corrected chi connectivity index (χ3v) is 11.7. The van der Waals surface area contributed by atoms with Crippen molar-refractivity contribution in [1.82, 2.24) is 0 Å². The molecule has 0 radical (unpaired) electrons. The molecule has 2 aliphatic carbocycles. The maximum Gasteiger partial charge on any atom is 0.339 e. The Labute approximate surface area is 304 Å². The van der Waals surface area contributed by atoms with Crippen molar-refractivity contribution in [2.75, 3.05) is 23.0 Å². The van der Waals surface area contributed by atoms with Gasteiger partial charge < -0.3 is 20.1 Å². The first-order chi connectivity index (χ1) is 25.0. The molecular formula is C35H23Cl2F5N2O9. The topological polar surface area (TPSA) is 162 Å². The minimum Gasteiger partial charge on any atom is -0.507 e. The monoisotopic (exact) mass is 780 g/mol. The second kappa shape index (κ2) is 12.5. The van der Waals surface area contributed by atoms with Crippen LogP contribution < -0.4 is 14.5 Å². The predicted octanol–water partition coefficient (Wildman–Crippen LogP) is 4.93. The number of anilines is 2. The molecule has 4 aliphatic rings. The highest BCUT2D eigenvalue weighted by Gasteiger charge is 2.77. The number of aliphatic hydroxyl groups is 1. The number of allylic oxidation sites excluding steroid dienone is 2. The third-order valence-electron chi connectivity index (χ3n) is 10.3. The number of hydrogen-bond donors (Lipinski definition) is 3. The third kappa shape index (κ3) is 4.91. The highest BCUT2D eigenvalue weighted by molar-refractivity contribution is 6.58. The van der Waals surface area contributed by atoms with Crippen LogP contribution in [0.1, 0.15) is 34.7 Å².